The highest BCUT2D eigenvalue weighted by molar-refractivity contribution is 5.71. The molecule has 0 spiro atoms. The summed E-state index contributed by atoms with van der Waals surface area (Å²) in [5, 5.41) is 0. The molecular formula is C62H116O6. The van der Waals surface area contributed by atoms with Gasteiger partial charge in [0.05, 0.1) is 0 Å². The molecule has 0 aliphatic heterocycles. The second-order valence-corrected chi connectivity index (χ2v) is 20.6. The van der Waals surface area contributed by atoms with Crippen LogP contribution in [0.4, 0.5) is 0 Å². The van der Waals surface area contributed by atoms with Crippen molar-refractivity contribution in [1.82, 2.24) is 0 Å². The first kappa shape index (κ1) is 65.9. The molecule has 6 nitrogen and oxygen atoms in total. The summed E-state index contributed by atoms with van der Waals surface area (Å²) >= 11 is 0. The second-order valence-electron chi connectivity index (χ2n) is 20.6. The molecule has 0 fully saturated rings. The molecule has 0 aromatic heterocycles. The topological polar surface area (TPSA) is 78.9 Å². The van der Waals surface area contributed by atoms with Crippen molar-refractivity contribution < 1.29 is 28.6 Å². The van der Waals surface area contributed by atoms with E-state index in [2.05, 4.69) is 45.1 Å². The second kappa shape index (κ2) is 57.5. The molecule has 400 valence electrons. The zero-order chi connectivity index (χ0) is 49.3. The Kier molecular flexibility index (Phi) is 55.7. The van der Waals surface area contributed by atoms with Crippen LogP contribution < -0.4 is 0 Å². The molecule has 6 heteroatoms. The average Bonchev–Trinajstić information content (AvgIpc) is 3.34. The van der Waals surface area contributed by atoms with Gasteiger partial charge in [-0.2, -0.15) is 0 Å². The van der Waals surface area contributed by atoms with Crippen molar-refractivity contribution in [3.63, 3.8) is 0 Å². The van der Waals surface area contributed by atoms with Crippen LogP contribution in [-0.4, -0.2) is 37.2 Å². The predicted octanol–water partition coefficient (Wildman–Crippen LogP) is 20.3. The summed E-state index contributed by atoms with van der Waals surface area (Å²) in [6.45, 7) is 6.63. The first-order chi connectivity index (χ1) is 33.5. The highest BCUT2D eigenvalue weighted by Crippen LogP contribution is 2.18. The van der Waals surface area contributed by atoms with Crippen LogP contribution in [0.5, 0.6) is 0 Å². The van der Waals surface area contributed by atoms with E-state index < -0.39 is 6.10 Å². The summed E-state index contributed by atoms with van der Waals surface area (Å²) in [7, 11) is 0. The van der Waals surface area contributed by atoms with E-state index in [0.29, 0.717) is 19.3 Å². The lowest BCUT2D eigenvalue weighted by atomic mass is 10.0. The van der Waals surface area contributed by atoms with E-state index >= 15 is 0 Å². The van der Waals surface area contributed by atoms with E-state index in [1.807, 2.05) is 0 Å². The number of hydrogen-bond acceptors (Lipinski definition) is 6. The van der Waals surface area contributed by atoms with Crippen molar-refractivity contribution in [2.45, 2.75) is 341 Å². The number of ether oxygens (including phenoxy) is 3. The zero-order valence-corrected chi connectivity index (χ0v) is 45.9. The van der Waals surface area contributed by atoms with Gasteiger partial charge in [0.2, 0.25) is 0 Å². The van der Waals surface area contributed by atoms with Crippen LogP contribution >= 0.6 is 0 Å². The van der Waals surface area contributed by atoms with Crippen LogP contribution in [0.15, 0.2) is 24.3 Å². The molecular weight excluding hydrogens is 841 g/mol. The number of unbranched alkanes of at least 4 members (excludes halogenated alkanes) is 41. The van der Waals surface area contributed by atoms with Crippen molar-refractivity contribution in [3.05, 3.63) is 24.3 Å². The lowest BCUT2D eigenvalue weighted by Crippen LogP contribution is -2.30. The van der Waals surface area contributed by atoms with Crippen LogP contribution in [0.2, 0.25) is 0 Å². The van der Waals surface area contributed by atoms with Gasteiger partial charge >= 0.3 is 17.9 Å². The van der Waals surface area contributed by atoms with Crippen LogP contribution in [-0.2, 0) is 28.6 Å². The standard InChI is InChI=1S/C62H116O6/c1-4-7-10-13-16-19-22-25-27-29-30-31-33-34-37-40-43-46-49-52-55-61(64)67-58-59(57-66-60(63)54-51-48-45-42-39-36-24-21-18-15-12-9-6-3)68-62(65)56-53-50-47-44-41-38-35-32-28-26-23-20-17-14-11-8-5-2/h12,15,21,24,59H,4-11,13-14,16-20,22-23,25-58H2,1-3H3/b15-12-,24-21-. The van der Waals surface area contributed by atoms with Gasteiger partial charge in [0, 0.05) is 19.3 Å². The lowest BCUT2D eigenvalue weighted by molar-refractivity contribution is -0.167. The summed E-state index contributed by atoms with van der Waals surface area (Å²) < 4.78 is 16.9. The summed E-state index contributed by atoms with van der Waals surface area (Å²) in [6, 6.07) is 0. The molecule has 0 radical (unpaired) electrons. The van der Waals surface area contributed by atoms with Crippen molar-refractivity contribution in [1.29, 1.82) is 0 Å². The van der Waals surface area contributed by atoms with Gasteiger partial charge in [0.1, 0.15) is 13.2 Å². The molecule has 0 aliphatic carbocycles. The van der Waals surface area contributed by atoms with Gasteiger partial charge in [-0.15, -0.1) is 0 Å². The number of rotatable bonds is 56. The minimum absolute atomic E-state index is 0.0699. The number of carbonyl (C=O) groups is 3. The van der Waals surface area contributed by atoms with Crippen molar-refractivity contribution in [2.24, 2.45) is 0 Å². The van der Waals surface area contributed by atoms with Crippen LogP contribution in [0, 0.1) is 0 Å². The molecule has 0 aromatic rings. The fourth-order valence-electron chi connectivity index (χ4n) is 9.13. The molecule has 0 aromatic carbocycles. The Labute approximate surface area is 423 Å². The Hall–Kier alpha value is -2.11. The van der Waals surface area contributed by atoms with Gasteiger partial charge < -0.3 is 14.2 Å². The summed E-state index contributed by atoms with van der Waals surface area (Å²) in [6.07, 6.45) is 67.5. The molecule has 0 saturated carbocycles. The average molecular weight is 958 g/mol. The predicted molar refractivity (Wildman–Crippen MR) is 293 cm³/mol. The third-order valence-electron chi connectivity index (χ3n) is 13.7. The van der Waals surface area contributed by atoms with E-state index in [4.69, 9.17) is 14.2 Å². The molecule has 0 aliphatic rings. The summed E-state index contributed by atoms with van der Waals surface area (Å²) in [4.78, 5) is 38.2. The van der Waals surface area contributed by atoms with E-state index in [9.17, 15) is 14.4 Å². The molecule has 0 amide bonds. The lowest BCUT2D eigenvalue weighted by Gasteiger charge is -2.18. The maximum Gasteiger partial charge on any atom is 0.306 e. The molecule has 1 unspecified atom stereocenters. The maximum absolute atomic E-state index is 12.9. The number of carbonyl (C=O) groups excluding carboxylic acids is 3. The largest absolute Gasteiger partial charge is 0.462 e. The molecule has 0 bridgehead atoms. The van der Waals surface area contributed by atoms with Gasteiger partial charge in [0.25, 0.3) is 0 Å². The van der Waals surface area contributed by atoms with Crippen LogP contribution in [0.25, 0.3) is 0 Å². The highest BCUT2D eigenvalue weighted by Gasteiger charge is 2.19. The molecule has 0 N–H and O–H groups in total. The molecule has 0 saturated heterocycles. The van der Waals surface area contributed by atoms with E-state index in [0.717, 1.165) is 83.5 Å². The first-order valence-corrected chi connectivity index (χ1v) is 30.3. The van der Waals surface area contributed by atoms with Gasteiger partial charge in [-0.1, -0.05) is 295 Å². The van der Waals surface area contributed by atoms with Crippen LogP contribution in [0.1, 0.15) is 335 Å². The van der Waals surface area contributed by atoms with Crippen LogP contribution in [0.3, 0.4) is 0 Å². The zero-order valence-electron chi connectivity index (χ0n) is 45.9. The van der Waals surface area contributed by atoms with Crippen molar-refractivity contribution in [2.75, 3.05) is 13.2 Å². The molecule has 1 atom stereocenters. The maximum atomic E-state index is 12.9. The Morgan fingerprint density at radius 3 is 0.868 bits per heavy atom. The SMILES string of the molecule is CCC/C=C\C/C=C\CCCCCCCC(=O)OCC(COC(=O)CCCCCCCCCCCCCCCCCCCCCC)OC(=O)CCCCCCCCCCCCCCCCCCC. The minimum atomic E-state index is -0.772. The van der Waals surface area contributed by atoms with E-state index in [1.165, 1.54) is 212 Å². The van der Waals surface area contributed by atoms with Crippen molar-refractivity contribution in [3.8, 4) is 0 Å². The third-order valence-corrected chi connectivity index (χ3v) is 13.7. The molecule has 68 heavy (non-hydrogen) atoms. The fourth-order valence-corrected chi connectivity index (χ4v) is 9.13. The highest BCUT2D eigenvalue weighted by atomic mass is 16.6. The Morgan fingerprint density at radius 1 is 0.294 bits per heavy atom. The van der Waals surface area contributed by atoms with Crippen molar-refractivity contribution >= 4 is 17.9 Å². The summed E-state index contributed by atoms with van der Waals surface area (Å²) in [5.74, 6) is -0.860. The van der Waals surface area contributed by atoms with Gasteiger partial charge in [-0.05, 0) is 44.9 Å². The summed E-state index contributed by atoms with van der Waals surface area (Å²) in [5.41, 5.74) is 0. The quantitative estimate of drug-likeness (QED) is 0.0262. The first-order valence-electron chi connectivity index (χ1n) is 30.3. The number of hydrogen-bond donors (Lipinski definition) is 0. The Bertz CT molecular complexity index is 1100. The van der Waals surface area contributed by atoms with Gasteiger partial charge in [-0.25, -0.2) is 0 Å². The fraction of sp³-hybridized carbons (Fsp3) is 0.887. The Balaban J connectivity index is 4.28. The smallest absolute Gasteiger partial charge is 0.306 e. The normalized spacial score (nSPS) is 12.1. The Morgan fingerprint density at radius 2 is 0.559 bits per heavy atom. The minimum Gasteiger partial charge on any atom is -0.462 e. The monoisotopic (exact) mass is 957 g/mol. The number of allylic oxidation sites excluding steroid dienone is 4. The molecule has 0 rings (SSSR count). The molecule has 0 heterocycles. The van der Waals surface area contributed by atoms with E-state index in [1.54, 1.807) is 0 Å². The number of esters is 3. The van der Waals surface area contributed by atoms with Gasteiger partial charge in [0.15, 0.2) is 6.10 Å². The third kappa shape index (κ3) is 54.8. The van der Waals surface area contributed by atoms with Gasteiger partial charge in [-0.3, -0.25) is 14.4 Å². The van der Waals surface area contributed by atoms with E-state index in [-0.39, 0.29) is 31.1 Å².